The second-order valence-electron chi connectivity index (χ2n) is 4.54. The average molecular weight is 310 g/mol. The van der Waals surface area contributed by atoms with Crippen LogP contribution in [0.3, 0.4) is 0 Å². The van der Waals surface area contributed by atoms with E-state index < -0.39 is 0 Å². The van der Waals surface area contributed by atoms with E-state index in [1.807, 2.05) is 49.4 Å². The SMILES string of the molecule is CCOc1cc(C=Nc2ccc(OC)cc2)ccc1OCC#N. The minimum absolute atomic E-state index is 0.0145. The molecular formula is C18H18N2O3. The van der Waals surface area contributed by atoms with E-state index in [0.29, 0.717) is 18.1 Å². The normalized spacial score (nSPS) is 10.3. The molecule has 0 aliphatic carbocycles. The van der Waals surface area contributed by atoms with Crippen molar-refractivity contribution >= 4 is 11.9 Å². The van der Waals surface area contributed by atoms with E-state index in [4.69, 9.17) is 19.5 Å². The van der Waals surface area contributed by atoms with Gasteiger partial charge in [-0.05, 0) is 55.0 Å². The van der Waals surface area contributed by atoms with Crippen LogP contribution in [0.2, 0.25) is 0 Å². The van der Waals surface area contributed by atoms with Gasteiger partial charge in [-0.1, -0.05) is 0 Å². The highest BCUT2D eigenvalue weighted by atomic mass is 16.5. The lowest BCUT2D eigenvalue weighted by atomic mass is 10.2. The van der Waals surface area contributed by atoms with Gasteiger partial charge in [-0.25, -0.2) is 0 Å². The molecule has 0 aliphatic rings. The van der Waals surface area contributed by atoms with Crippen LogP contribution < -0.4 is 14.2 Å². The monoisotopic (exact) mass is 310 g/mol. The van der Waals surface area contributed by atoms with E-state index in [1.165, 1.54) is 0 Å². The van der Waals surface area contributed by atoms with Gasteiger partial charge in [-0.3, -0.25) is 4.99 Å². The fourth-order valence-corrected chi connectivity index (χ4v) is 1.92. The molecule has 0 fully saturated rings. The molecule has 2 aromatic rings. The molecule has 0 radical (unpaired) electrons. The van der Waals surface area contributed by atoms with Crippen molar-refractivity contribution < 1.29 is 14.2 Å². The number of hydrogen-bond donors (Lipinski definition) is 0. The Morgan fingerprint density at radius 1 is 1.09 bits per heavy atom. The van der Waals surface area contributed by atoms with Gasteiger partial charge in [0.15, 0.2) is 18.1 Å². The lowest BCUT2D eigenvalue weighted by Crippen LogP contribution is -1.99. The average Bonchev–Trinajstić information content (AvgIpc) is 2.60. The maximum atomic E-state index is 8.60. The summed E-state index contributed by atoms with van der Waals surface area (Å²) < 4.78 is 16.0. The minimum Gasteiger partial charge on any atom is -0.497 e. The summed E-state index contributed by atoms with van der Waals surface area (Å²) in [7, 11) is 1.63. The third-order valence-corrected chi connectivity index (χ3v) is 2.99. The van der Waals surface area contributed by atoms with Gasteiger partial charge >= 0.3 is 0 Å². The molecule has 0 heterocycles. The van der Waals surface area contributed by atoms with Crippen molar-refractivity contribution in [2.45, 2.75) is 6.92 Å². The molecule has 5 heteroatoms. The van der Waals surface area contributed by atoms with Crippen molar-refractivity contribution in [2.24, 2.45) is 4.99 Å². The van der Waals surface area contributed by atoms with E-state index in [9.17, 15) is 0 Å². The molecule has 0 saturated carbocycles. The second-order valence-corrected chi connectivity index (χ2v) is 4.54. The van der Waals surface area contributed by atoms with Crippen molar-refractivity contribution in [3.63, 3.8) is 0 Å². The van der Waals surface area contributed by atoms with Crippen molar-refractivity contribution in [3.05, 3.63) is 48.0 Å². The predicted octanol–water partition coefficient (Wildman–Crippen LogP) is 3.75. The standard InChI is InChI=1S/C18H18N2O3/c1-3-22-18-12-14(4-9-17(18)23-11-10-19)13-20-15-5-7-16(21-2)8-6-15/h4-9,12-13H,3,11H2,1-2H3. The van der Waals surface area contributed by atoms with Gasteiger partial charge in [0, 0.05) is 6.21 Å². The maximum absolute atomic E-state index is 8.60. The molecule has 2 aromatic carbocycles. The lowest BCUT2D eigenvalue weighted by molar-refractivity contribution is 0.298. The van der Waals surface area contributed by atoms with E-state index in [2.05, 4.69) is 4.99 Å². The molecule has 0 amide bonds. The zero-order valence-corrected chi connectivity index (χ0v) is 13.2. The molecule has 0 spiro atoms. The molecule has 0 N–H and O–H groups in total. The second kappa shape index (κ2) is 8.44. The van der Waals surface area contributed by atoms with Crippen LogP contribution in [-0.2, 0) is 0 Å². The predicted molar refractivity (Wildman–Crippen MR) is 89.0 cm³/mol. The summed E-state index contributed by atoms with van der Waals surface area (Å²) in [6, 6.07) is 14.9. The van der Waals surface area contributed by atoms with Gasteiger partial charge < -0.3 is 14.2 Å². The molecule has 0 aromatic heterocycles. The topological polar surface area (TPSA) is 63.8 Å². The summed E-state index contributed by atoms with van der Waals surface area (Å²) in [6.07, 6.45) is 1.75. The van der Waals surface area contributed by atoms with Crippen LogP contribution in [0.5, 0.6) is 17.2 Å². The first kappa shape index (κ1) is 16.4. The van der Waals surface area contributed by atoms with E-state index in [-0.39, 0.29) is 6.61 Å². The first-order chi connectivity index (χ1) is 11.3. The summed E-state index contributed by atoms with van der Waals surface area (Å²) in [4.78, 5) is 4.42. The summed E-state index contributed by atoms with van der Waals surface area (Å²) in [5, 5.41) is 8.60. The Balaban J connectivity index is 2.16. The van der Waals surface area contributed by atoms with Gasteiger partial charge in [-0.15, -0.1) is 0 Å². The zero-order chi connectivity index (χ0) is 16.5. The van der Waals surface area contributed by atoms with Crippen LogP contribution in [0.4, 0.5) is 5.69 Å². The quantitative estimate of drug-likeness (QED) is 0.731. The highest BCUT2D eigenvalue weighted by Gasteiger charge is 2.05. The third-order valence-electron chi connectivity index (χ3n) is 2.99. The highest BCUT2D eigenvalue weighted by molar-refractivity contribution is 5.83. The minimum atomic E-state index is -0.0145. The number of rotatable bonds is 7. The summed E-state index contributed by atoms with van der Waals surface area (Å²) in [6.45, 7) is 2.40. The Labute approximate surface area is 135 Å². The Bertz CT molecular complexity index is 703. The fourth-order valence-electron chi connectivity index (χ4n) is 1.92. The van der Waals surface area contributed by atoms with Crippen LogP contribution in [0.25, 0.3) is 0 Å². The summed E-state index contributed by atoms with van der Waals surface area (Å²) in [5.74, 6) is 1.94. The molecule has 0 saturated heterocycles. The van der Waals surface area contributed by atoms with Crippen molar-refractivity contribution in [1.29, 1.82) is 5.26 Å². The Kier molecular flexibility index (Phi) is 6.01. The van der Waals surface area contributed by atoms with E-state index in [0.717, 1.165) is 17.0 Å². The fraction of sp³-hybridized carbons (Fsp3) is 0.222. The number of aliphatic imine (C=N–C) groups is 1. The van der Waals surface area contributed by atoms with Crippen LogP contribution in [-0.4, -0.2) is 26.5 Å². The smallest absolute Gasteiger partial charge is 0.174 e. The Morgan fingerprint density at radius 2 is 1.87 bits per heavy atom. The molecule has 0 bridgehead atoms. The van der Waals surface area contributed by atoms with E-state index >= 15 is 0 Å². The molecule has 0 atom stereocenters. The van der Waals surface area contributed by atoms with Crippen LogP contribution in [0.15, 0.2) is 47.5 Å². The first-order valence-electron chi connectivity index (χ1n) is 7.21. The van der Waals surface area contributed by atoms with Gasteiger partial charge in [-0.2, -0.15) is 5.26 Å². The molecule has 0 unspecified atom stereocenters. The Morgan fingerprint density at radius 3 is 2.52 bits per heavy atom. The van der Waals surface area contributed by atoms with Crippen LogP contribution in [0.1, 0.15) is 12.5 Å². The van der Waals surface area contributed by atoms with E-state index in [1.54, 1.807) is 19.4 Å². The van der Waals surface area contributed by atoms with Crippen molar-refractivity contribution in [2.75, 3.05) is 20.3 Å². The molecule has 0 aliphatic heterocycles. The summed E-state index contributed by atoms with van der Waals surface area (Å²) >= 11 is 0. The van der Waals surface area contributed by atoms with Gasteiger partial charge in [0.1, 0.15) is 11.8 Å². The number of hydrogen-bond acceptors (Lipinski definition) is 5. The molecule has 5 nitrogen and oxygen atoms in total. The largest absolute Gasteiger partial charge is 0.497 e. The number of benzene rings is 2. The van der Waals surface area contributed by atoms with Gasteiger partial charge in [0.2, 0.25) is 0 Å². The molecular weight excluding hydrogens is 292 g/mol. The van der Waals surface area contributed by atoms with Gasteiger partial charge in [0.05, 0.1) is 19.4 Å². The number of nitrogens with zero attached hydrogens (tertiary/aromatic N) is 2. The van der Waals surface area contributed by atoms with Crippen LogP contribution >= 0.6 is 0 Å². The van der Waals surface area contributed by atoms with Crippen LogP contribution in [0, 0.1) is 11.3 Å². The molecule has 118 valence electrons. The van der Waals surface area contributed by atoms with Gasteiger partial charge in [0.25, 0.3) is 0 Å². The third kappa shape index (κ3) is 4.75. The number of nitriles is 1. The highest BCUT2D eigenvalue weighted by Crippen LogP contribution is 2.28. The first-order valence-corrected chi connectivity index (χ1v) is 7.21. The van der Waals surface area contributed by atoms with Crippen molar-refractivity contribution in [1.82, 2.24) is 0 Å². The van der Waals surface area contributed by atoms with Crippen molar-refractivity contribution in [3.8, 4) is 23.3 Å². The number of methoxy groups -OCH3 is 1. The Hall–Kier alpha value is -3.00. The number of ether oxygens (including phenoxy) is 3. The molecule has 23 heavy (non-hydrogen) atoms. The lowest BCUT2D eigenvalue weighted by Gasteiger charge is -2.10. The summed E-state index contributed by atoms with van der Waals surface area (Å²) in [5.41, 5.74) is 1.71. The maximum Gasteiger partial charge on any atom is 0.174 e. The zero-order valence-electron chi connectivity index (χ0n) is 13.2. The molecule has 2 rings (SSSR count).